The molecule has 0 radical (unpaired) electrons. The minimum Gasteiger partial charge on any atom is -0.329 e. The summed E-state index contributed by atoms with van der Waals surface area (Å²) in [6, 6.07) is 11.6. The summed E-state index contributed by atoms with van der Waals surface area (Å²) in [5.74, 6) is 0.483. The summed E-state index contributed by atoms with van der Waals surface area (Å²) >= 11 is 0. The SMILES string of the molecule is CCC(CC)(CN)C(=O)Nc1ccn(-c2ccccc2)n1. The van der Waals surface area contributed by atoms with Gasteiger partial charge in [0.05, 0.1) is 11.1 Å². The molecule has 1 heterocycles. The number of amides is 1. The molecule has 0 aliphatic heterocycles. The highest BCUT2D eigenvalue weighted by Gasteiger charge is 2.33. The zero-order chi connectivity index (χ0) is 15.3. The Labute approximate surface area is 125 Å². The lowest BCUT2D eigenvalue weighted by atomic mass is 9.81. The summed E-state index contributed by atoms with van der Waals surface area (Å²) in [6.07, 6.45) is 3.25. The Morgan fingerprint density at radius 3 is 2.48 bits per heavy atom. The van der Waals surface area contributed by atoms with Crippen LogP contribution in [-0.2, 0) is 4.79 Å². The van der Waals surface area contributed by atoms with Gasteiger partial charge in [0.15, 0.2) is 5.82 Å². The van der Waals surface area contributed by atoms with Crippen LogP contribution in [0, 0.1) is 5.41 Å². The first-order valence-corrected chi connectivity index (χ1v) is 7.28. The van der Waals surface area contributed by atoms with Crippen LogP contribution in [0.4, 0.5) is 5.82 Å². The zero-order valence-corrected chi connectivity index (χ0v) is 12.5. The van der Waals surface area contributed by atoms with Gasteiger partial charge >= 0.3 is 0 Å². The van der Waals surface area contributed by atoms with Gasteiger partial charge in [0.2, 0.25) is 5.91 Å². The Balaban J connectivity index is 2.14. The fourth-order valence-electron chi connectivity index (χ4n) is 2.32. The summed E-state index contributed by atoms with van der Waals surface area (Å²) in [5, 5.41) is 7.26. The summed E-state index contributed by atoms with van der Waals surface area (Å²) < 4.78 is 1.73. The normalized spacial score (nSPS) is 11.4. The summed E-state index contributed by atoms with van der Waals surface area (Å²) in [7, 11) is 0. The zero-order valence-electron chi connectivity index (χ0n) is 12.5. The molecule has 5 nitrogen and oxygen atoms in total. The monoisotopic (exact) mass is 286 g/mol. The van der Waals surface area contributed by atoms with Gasteiger partial charge in [-0.1, -0.05) is 32.0 Å². The second kappa shape index (κ2) is 6.54. The van der Waals surface area contributed by atoms with E-state index >= 15 is 0 Å². The molecule has 21 heavy (non-hydrogen) atoms. The first kappa shape index (κ1) is 15.3. The number of aromatic nitrogens is 2. The number of benzene rings is 1. The molecule has 0 aliphatic carbocycles. The average Bonchev–Trinajstić information content (AvgIpc) is 2.99. The van der Waals surface area contributed by atoms with Gasteiger partial charge < -0.3 is 11.1 Å². The highest BCUT2D eigenvalue weighted by molar-refractivity contribution is 5.94. The van der Waals surface area contributed by atoms with E-state index in [1.54, 1.807) is 10.7 Å². The molecule has 0 atom stereocenters. The van der Waals surface area contributed by atoms with Crippen molar-refractivity contribution >= 4 is 11.7 Å². The van der Waals surface area contributed by atoms with Crippen molar-refractivity contribution in [3.63, 3.8) is 0 Å². The number of hydrogen-bond donors (Lipinski definition) is 2. The van der Waals surface area contributed by atoms with Gasteiger partial charge in [-0.25, -0.2) is 4.68 Å². The number of para-hydroxylation sites is 1. The third-order valence-electron chi connectivity index (χ3n) is 4.08. The van der Waals surface area contributed by atoms with E-state index in [2.05, 4.69) is 10.4 Å². The largest absolute Gasteiger partial charge is 0.329 e. The van der Waals surface area contributed by atoms with Gasteiger partial charge in [-0.05, 0) is 25.0 Å². The number of nitrogens with two attached hydrogens (primary N) is 1. The van der Waals surface area contributed by atoms with E-state index in [0.717, 1.165) is 5.69 Å². The number of carbonyl (C=O) groups excluding carboxylic acids is 1. The number of nitrogens with one attached hydrogen (secondary N) is 1. The lowest BCUT2D eigenvalue weighted by Crippen LogP contribution is -2.41. The van der Waals surface area contributed by atoms with Crippen LogP contribution in [0.3, 0.4) is 0 Å². The second-order valence-electron chi connectivity index (χ2n) is 5.13. The van der Waals surface area contributed by atoms with Crippen LogP contribution in [0.5, 0.6) is 0 Å². The van der Waals surface area contributed by atoms with Crippen molar-refractivity contribution in [3.8, 4) is 5.69 Å². The molecule has 0 unspecified atom stereocenters. The van der Waals surface area contributed by atoms with Crippen molar-refractivity contribution in [2.45, 2.75) is 26.7 Å². The van der Waals surface area contributed by atoms with Crippen LogP contribution in [-0.4, -0.2) is 22.2 Å². The number of rotatable bonds is 6. The molecule has 1 aromatic heterocycles. The van der Waals surface area contributed by atoms with E-state index in [0.29, 0.717) is 25.2 Å². The third-order valence-corrected chi connectivity index (χ3v) is 4.08. The minimum atomic E-state index is -0.517. The van der Waals surface area contributed by atoms with Crippen molar-refractivity contribution in [2.75, 3.05) is 11.9 Å². The number of hydrogen-bond acceptors (Lipinski definition) is 3. The Morgan fingerprint density at radius 1 is 1.24 bits per heavy atom. The molecule has 0 aliphatic rings. The van der Waals surface area contributed by atoms with Crippen LogP contribution in [0.25, 0.3) is 5.69 Å². The minimum absolute atomic E-state index is 0.0617. The van der Waals surface area contributed by atoms with Crippen molar-refractivity contribution in [1.29, 1.82) is 0 Å². The molecule has 2 rings (SSSR count). The molecular formula is C16H22N4O. The molecule has 0 saturated heterocycles. The summed E-state index contributed by atoms with van der Waals surface area (Å²) in [5.41, 5.74) is 6.23. The van der Waals surface area contributed by atoms with Crippen molar-refractivity contribution in [1.82, 2.24) is 9.78 Å². The quantitative estimate of drug-likeness (QED) is 0.857. The van der Waals surface area contributed by atoms with E-state index in [4.69, 9.17) is 5.73 Å². The lowest BCUT2D eigenvalue weighted by molar-refractivity contribution is -0.125. The molecule has 0 bridgehead atoms. The predicted octanol–water partition coefficient (Wildman–Crippen LogP) is 2.58. The molecule has 3 N–H and O–H groups in total. The second-order valence-corrected chi connectivity index (χ2v) is 5.13. The molecule has 112 valence electrons. The first-order chi connectivity index (χ1) is 10.1. The smallest absolute Gasteiger partial charge is 0.233 e. The van der Waals surface area contributed by atoms with Gasteiger partial charge in [-0.3, -0.25) is 4.79 Å². The fraction of sp³-hybridized carbons (Fsp3) is 0.375. The van der Waals surface area contributed by atoms with Crippen LogP contribution >= 0.6 is 0 Å². The van der Waals surface area contributed by atoms with E-state index in [1.165, 1.54) is 0 Å². The van der Waals surface area contributed by atoms with Crippen LogP contribution in [0.2, 0.25) is 0 Å². The highest BCUT2D eigenvalue weighted by Crippen LogP contribution is 2.26. The predicted molar refractivity (Wildman–Crippen MR) is 84.3 cm³/mol. The Kier molecular flexibility index (Phi) is 4.75. The van der Waals surface area contributed by atoms with E-state index < -0.39 is 5.41 Å². The van der Waals surface area contributed by atoms with Crippen LogP contribution in [0.15, 0.2) is 42.6 Å². The van der Waals surface area contributed by atoms with Crippen molar-refractivity contribution < 1.29 is 4.79 Å². The molecule has 0 saturated carbocycles. The Bertz CT molecular complexity index is 579. The Morgan fingerprint density at radius 2 is 1.90 bits per heavy atom. The molecule has 0 fully saturated rings. The van der Waals surface area contributed by atoms with Crippen molar-refractivity contribution in [3.05, 3.63) is 42.6 Å². The number of carbonyl (C=O) groups is 1. The Hall–Kier alpha value is -2.14. The lowest BCUT2D eigenvalue weighted by Gasteiger charge is -2.27. The maximum atomic E-state index is 12.4. The van der Waals surface area contributed by atoms with Gasteiger partial charge in [0, 0.05) is 18.8 Å². The summed E-state index contributed by atoms with van der Waals surface area (Å²) in [4.78, 5) is 12.4. The van der Waals surface area contributed by atoms with Crippen LogP contribution in [0.1, 0.15) is 26.7 Å². The van der Waals surface area contributed by atoms with Crippen molar-refractivity contribution in [2.24, 2.45) is 11.1 Å². The number of anilines is 1. The maximum absolute atomic E-state index is 12.4. The van der Waals surface area contributed by atoms with E-state index in [9.17, 15) is 4.79 Å². The van der Waals surface area contributed by atoms with Gasteiger partial charge in [-0.2, -0.15) is 5.10 Å². The van der Waals surface area contributed by atoms with Gasteiger partial charge in [-0.15, -0.1) is 0 Å². The molecule has 1 amide bonds. The maximum Gasteiger partial charge on any atom is 0.233 e. The molecular weight excluding hydrogens is 264 g/mol. The molecule has 0 spiro atoms. The van der Waals surface area contributed by atoms with E-state index in [-0.39, 0.29) is 5.91 Å². The third kappa shape index (κ3) is 3.13. The van der Waals surface area contributed by atoms with E-state index in [1.807, 2.05) is 50.4 Å². The summed E-state index contributed by atoms with van der Waals surface area (Å²) in [6.45, 7) is 4.31. The number of nitrogens with zero attached hydrogens (tertiary/aromatic N) is 2. The van der Waals surface area contributed by atoms with Gasteiger partial charge in [0.1, 0.15) is 0 Å². The first-order valence-electron chi connectivity index (χ1n) is 7.28. The fourth-order valence-corrected chi connectivity index (χ4v) is 2.32. The topological polar surface area (TPSA) is 72.9 Å². The van der Waals surface area contributed by atoms with Gasteiger partial charge in [0.25, 0.3) is 0 Å². The van der Waals surface area contributed by atoms with Crippen LogP contribution < -0.4 is 11.1 Å². The molecule has 1 aromatic carbocycles. The average molecular weight is 286 g/mol. The standard InChI is InChI=1S/C16H22N4O/c1-3-16(4-2,12-17)15(21)18-14-10-11-20(19-14)13-8-6-5-7-9-13/h5-11H,3-4,12,17H2,1-2H3,(H,18,19,21). The molecule has 5 heteroatoms. The molecule has 2 aromatic rings. The highest BCUT2D eigenvalue weighted by atomic mass is 16.2.